The number of nitrogens with zero attached hydrogens (tertiary/aromatic N) is 1. The number of carboxylic acid groups (broad SMARTS) is 1. The Morgan fingerprint density at radius 1 is 1.45 bits per heavy atom. The van der Waals surface area contributed by atoms with Gasteiger partial charge in [0.25, 0.3) is 5.91 Å². The largest absolute Gasteiger partial charge is 0.479 e. The molecule has 1 unspecified atom stereocenters. The van der Waals surface area contributed by atoms with E-state index in [1.54, 1.807) is 13.0 Å². The summed E-state index contributed by atoms with van der Waals surface area (Å²) in [7, 11) is 1.28. The highest BCUT2D eigenvalue weighted by molar-refractivity contribution is 7.24. The molecule has 0 fully saturated rings. The second kappa shape index (κ2) is 7.19. The highest BCUT2D eigenvalue weighted by atomic mass is 35.5. The molecular formula is C13H13ClN2O4S2. The third kappa shape index (κ3) is 3.83. The van der Waals surface area contributed by atoms with Crippen molar-refractivity contribution in [3.05, 3.63) is 27.0 Å². The average molecular weight is 361 g/mol. The number of nitrogens with one attached hydrogen (secondary N) is 1. The summed E-state index contributed by atoms with van der Waals surface area (Å²) in [6.45, 7) is 1.62. The second-order valence-electron chi connectivity index (χ2n) is 4.31. The van der Waals surface area contributed by atoms with Gasteiger partial charge in [-0.05, 0) is 19.1 Å². The van der Waals surface area contributed by atoms with Crippen LogP contribution in [0.5, 0.6) is 0 Å². The maximum Gasteiger partial charge on any atom is 0.334 e. The molecule has 118 valence electrons. The minimum atomic E-state index is -1.13. The van der Waals surface area contributed by atoms with Crippen molar-refractivity contribution in [2.24, 2.45) is 0 Å². The van der Waals surface area contributed by atoms with Crippen LogP contribution < -0.4 is 5.32 Å². The van der Waals surface area contributed by atoms with Gasteiger partial charge < -0.3 is 15.2 Å². The molecular weight excluding hydrogens is 348 g/mol. The molecule has 2 N–H and O–H groups in total. The Hall–Kier alpha value is -1.48. The zero-order valence-corrected chi connectivity index (χ0v) is 14.1. The Bertz CT molecular complexity index is 698. The molecule has 2 heterocycles. The molecule has 0 aliphatic heterocycles. The Kier molecular flexibility index (Phi) is 5.52. The maximum atomic E-state index is 12.1. The second-order valence-corrected chi connectivity index (χ2v) is 7.02. The quantitative estimate of drug-likeness (QED) is 0.826. The van der Waals surface area contributed by atoms with Crippen LogP contribution in [0.15, 0.2) is 12.1 Å². The molecule has 2 aromatic rings. The molecule has 0 saturated heterocycles. The van der Waals surface area contributed by atoms with E-state index in [4.69, 9.17) is 21.4 Å². The standard InChI is InChI=1S/C13H13ClN2O4S2/c1-6-10(11(17)15-5-7(20-2)13(18)19)22-12(16-6)8-3-4-9(14)21-8/h3-4,7H,5H2,1-2H3,(H,15,17)(H,18,19). The van der Waals surface area contributed by atoms with Crippen molar-refractivity contribution >= 4 is 46.2 Å². The van der Waals surface area contributed by atoms with Crippen LogP contribution in [0.3, 0.4) is 0 Å². The van der Waals surface area contributed by atoms with E-state index in [-0.39, 0.29) is 12.5 Å². The summed E-state index contributed by atoms with van der Waals surface area (Å²) < 4.78 is 5.42. The van der Waals surface area contributed by atoms with Gasteiger partial charge in [0.05, 0.1) is 21.5 Å². The number of aryl methyl sites for hydroxylation is 1. The molecule has 1 atom stereocenters. The van der Waals surface area contributed by atoms with Gasteiger partial charge in [0.1, 0.15) is 9.88 Å². The molecule has 1 amide bonds. The number of carbonyl (C=O) groups is 2. The summed E-state index contributed by atoms with van der Waals surface area (Å²) in [4.78, 5) is 28.7. The van der Waals surface area contributed by atoms with Gasteiger partial charge in [0.2, 0.25) is 0 Å². The predicted octanol–water partition coefficient (Wildman–Crippen LogP) is 2.66. The first-order valence-corrected chi connectivity index (χ1v) is 8.20. The predicted molar refractivity (Wildman–Crippen MR) is 85.9 cm³/mol. The number of rotatable bonds is 6. The van der Waals surface area contributed by atoms with Gasteiger partial charge in [-0.2, -0.15) is 0 Å². The lowest BCUT2D eigenvalue weighted by atomic mass is 10.3. The number of thiophene rings is 1. The molecule has 0 radical (unpaired) electrons. The summed E-state index contributed by atoms with van der Waals surface area (Å²) in [6.07, 6.45) is -1.08. The number of aliphatic carboxylic acids is 1. The number of carbonyl (C=O) groups excluding carboxylic acids is 1. The first-order chi connectivity index (χ1) is 10.4. The molecule has 0 aliphatic rings. The molecule has 2 rings (SSSR count). The molecule has 2 aromatic heterocycles. The van der Waals surface area contributed by atoms with Crippen molar-refractivity contribution < 1.29 is 19.4 Å². The number of ether oxygens (including phenoxy) is 1. The van der Waals surface area contributed by atoms with Crippen molar-refractivity contribution in [1.82, 2.24) is 10.3 Å². The number of hydrogen-bond acceptors (Lipinski definition) is 6. The molecule has 0 saturated carbocycles. The lowest BCUT2D eigenvalue weighted by Gasteiger charge is -2.10. The van der Waals surface area contributed by atoms with Crippen molar-refractivity contribution in [3.63, 3.8) is 0 Å². The molecule has 0 spiro atoms. The summed E-state index contributed by atoms with van der Waals surface area (Å²) in [5.74, 6) is -1.50. The van der Waals surface area contributed by atoms with Gasteiger partial charge in [0.15, 0.2) is 6.10 Å². The van der Waals surface area contributed by atoms with Crippen LogP contribution >= 0.6 is 34.3 Å². The van der Waals surface area contributed by atoms with Crippen LogP contribution in [0.1, 0.15) is 15.4 Å². The minimum absolute atomic E-state index is 0.109. The van der Waals surface area contributed by atoms with E-state index >= 15 is 0 Å². The molecule has 0 aliphatic carbocycles. The fraction of sp³-hybridized carbons (Fsp3) is 0.308. The zero-order valence-electron chi connectivity index (χ0n) is 11.8. The van der Waals surface area contributed by atoms with E-state index < -0.39 is 12.1 Å². The van der Waals surface area contributed by atoms with E-state index in [2.05, 4.69) is 10.3 Å². The third-order valence-corrected chi connectivity index (χ3v) is 5.35. The Morgan fingerprint density at radius 2 is 2.18 bits per heavy atom. The van der Waals surface area contributed by atoms with Crippen molar-refractivity contribution in [2.45, 2.75) is 13.0 Å². The van der Waals surface area contributed by atoms with Gasteiger partial charge in [0, 0.05) is 7.11 Å². The fourth-order valence-corrected chi connectivity index (χ4v) is 3.76. The van der Waals surface area contributed by atoms with E-state index in [0.29, 0.717) is 19.9 Å². The van der Waals surface area contributed by atoms with Crippen molar-refractivity contribution in [3.8, 4) is 9.88 Å². The first kappa shape index (κ1) is 16.9. The van der Waals surface area contributed by atoms with Crippen LogP contribution in [-0.2, 0) is 9.53 Å². The van der Waals surface area contributed by atoms with Gasteiger partial charge in [-0.3, -0.25) is 4.79 Å². The lowest BCUT2D eigenvalue weighted by molar-refractivity contribution is -0.147. The number of methoxy groups -OCH3 is 1. The fourth-order valence-electron chi connectivity index (χ4n) is 1.68. The van der Waals surface area contributed by atoms with E-state index in [1.807, 2.05) is 6.07 Å². The monoisotopic (exact) mass is 360 g/mol. The molecule has 22 heavy (non-hydrogen) atoms. The highest BCUT2D eigenvalue weighted by Gasteiger charge is 2.21. The number of hydrogen-bond donors (Lipinski definition) is 2. The average Bonchev–Trinajstić information content (AvgIpc) is 3.05. The SMILES string of the molecule is COC(CNC(=O)c1sc(-c2ccc(Cl)s2)nc1C)C(=O)O. The summed E-state index contributed by atoms with van der Waals surface area (Å²) in [5.41, 5.74) is 0.589. The molecule has 6 nitrogen and oxygen atoms in total. The van der Waals surface area contributed by atoms with Crippen molar-refractivity contribution in [2.75, 3.05) is 13.7 Å². The summed E-state index contributed by atoms with van der Waals surface area (Å²) in [5, 5.41) is 12.1. The molecule has 0 aromatic carbocycles. The van der Waals surface area contributed by atoms with E-state index in [9.17, 15) is 9.59 Å². The molecule has 9 heteroatoms. The number of carboxylic acids is 1. The Labute approximate surface area is 139 Å². The van der Waals surface area contributed by atoms with Crippen LogP contribution in [0.2, 0.25) is 4.34 Å². The number of halogens is 1. The normalized spacial score (nSPS) is 12.1. The van der Waals surface area contributed by atoms with Crippen LogP contribution in [-0.4, -0.2) is 41.7 Å². The summed E-state index contributed by atoms with van der Waals surface area (Å²) in [6, 6.07) is 3.62. The number of thiazole rings is 1. The highest BCUT2D eigenvalue weighted by Crippen LogP contribution is 2.34. The smallest absolute Gasteiger partial charge is 0.334 e. The number of amides is 1. The Morgan fingerprint density at radius 3 is 2.73 bits per heavy atom. The van der Waals surface area contributed by atoms with Gasteiger partial charge >= 0.3 is 5.97 Å². The van der Waals surface area contributed by atoms with Gasteiger partial charge in [-0.15, -0.1) is 22.7 Å². The van der Waals surface area contributed by atoms with Gasteiger partial charge in [-0.1, -0.05) is 11.6 Å². The van der Waals surface area contributed by atoms with E-state index in [0.717, 1.165) is 4.88 Å². The minimum Gasteiger partial charge on any atom is -0.479 e. The Balaban J connectivity index is 2.10. The first-order valence-electron chi connectivity index (χ1n) is 6.19. The number of aromatic nitrogens is 1. The van der Waals surface area contributed by atoms with E-state index in [1.165, 1.54) is 29.8 Å². The van der Waals surface area contributed by atoms with Crippen LogP contribution in [0.4, 0.5) is 0 Å². The maximum absolute atomic E-state index is 12.1. The lowest BCUT2D eigenvalue weighted by Crippen LogP contribution is -2.37. The van der Waals surface area contributed by atoms with Crippen LogP contribution in [0.25, 0.3) is 9.88 Å². The van der Waals surface area contributed by atoms with Gasteiger partial charge in [-0.25, -0.2) is 9.78 Å². The van der Waals surface area contributed by atoms with Crippen LogP contribution in [0, 0.1) is 6.92 Å². The zero-order chi connectivity index (χ0) is 16.3. The topological polar surface area (TPSA) is 88.5 Å². The summed E-state index contributed by atoms with van der Waals surface area (Å²) >= 11 is 8.52. The molecule has 0 bridgehead atoms. The third-order valence-electron chi connectivity index (χ3n) is 2.79. The van der Waals surface area contributed by atoms with Crippen molar-refractivity contribution in [1.29, 1.82) is 0 Å².